The summed E-state index contributed by atoms with van der Waals surface area (Å²) in [5.74, 6) is 1.32. The molecule has 0 saturated heterocycles. The lowest BCUT2D eigenvalue weighted by atomic mass is 10.1. The van der Waals surface area contributed by atoms with Gasteiger partial charge >= 0.3 is 0 Å². The Morgan fingerprint density at radius 2 is 2.33 bits per heavy atom. The fourth-order valence-electron chi connectivity index (χ4n) is 2.61. The van der Waals surface area contributed by atoms with Crippen LogP contribution in [0, 0.1) is 6.92 Å². The molecule has 0 saturated carbocycles. The third kappa shape index (κ3) is 2.18. The molecule has 2 N–H and O–H groups in total. The Morgan fingerprint density at radius 3 is 3.11 bits per heavy atom. The van der Waals surface area contributed by atoms with Crippen LogP contribution in [0.15, 0.2) is 16.9 Å². The average molecular weight is 246 g/mol. The SMILES string of the molecule is Cc1nc(Cn2cc3c(c2)C(N)CCCC3)no1. The van der Waals surface area contributed by atoms with Crippen molar-refractivity contribution in [1.29, 1.82) is 0 Å². The van der Waals surface area contributed by atoms with E-state index in [-0.39, 0.29) is 6.04 Å². The fourth-order valence-corrected chi connectivity index (χ4v) is 2.61. The van der Waals surface area contributed by atoms with Crippen molar-refractivity contribution >= 4 is 0 Å². The summed E-state index contributed by atoms with van der Waals surface area (Å²) in [7, 11) is 0. The van der Waals surface area contributed by atoms with Gasteiger partial charge in [-0.15, -0.1) is 0 Å². The molecule has 0 amide bonds. The molecule has 1 aliphatic carbocycles. The number of rotatable bonds is 2. The van der Waals surface area contributed by atoms with Gasteiger partial charge in [-0.25, -0.2) is 0 Å². The summed E-state index contributed by atoms with van der Waals surface area (Å²) < 4.78 is 7.09. The summed E-state index contributed by atoms with van der Waals surface area (Å²) in [6.45, 7) is 2.45. The van der Waals surface area contributed by atoms with E-state index in [1.54, 1.807) is 6.92 Å². The van der Waals surface area contributed by atoms with Gasteiger partial charge in [-0.2, -0.15) is 4.98 Å². The highest BCUT2D eigenvalue weighted by atomic mass is 16.5. The number of aromatic nitrogens is 3. The third-order valence-corrected chi connectivity index (χ3v) is 3.50. The van der Waals surface area contributed by atoms with Gasteiger partial charge in [-0.1, -0.05) is 11.6 Å². The summed E-state index contributed by atoms with van der Waals surface area (Å²) in [6.07, 6.45) is 8.97. The smallest absolute Gasteiger partial charge is 0.223 e. The van der Waals surface area contributed by atoms with Crippen molar-refractivity contribution in [3.63, 3.8) is 0 Å². The van der Waals surface area contributed by atoms with E-state index < -0.39 is 0 Å². The maximum atomic E-state index is 6.19. The standard InChI is InChI=1S/C13H18N4O/c1-9-15-13(16-18-9)8-17-6-10-4-2-3-5-12(14)11(10)7-17/h6-7,12H,2-5,8,14H2,1H3. The molecule has 1 unspecified atom stereocenters. The first-order valence-corrected chi connectivity index (χ1v) is 6.45. The van der Waals surface area contributed by atoms with Gasteiger partial charge in [-0.05, 0) is 30.4 Å². The Kier molecular flexibility index (Phi) is 2.91. The largest absolute Gasteiger partial charge is 0.346 e. The Labute approximate surface area is 106 Å². The van der Waals surface area contributed by atoms with Gasteiger partial charge in [-0.3, -0.25) is 0 Å². The van der Waals surface area contributed by atoms with Crippen molar-refractivity contribution in [1.82, 2.24) is 14.7 Å². The van der Waals surface area contributed by atoms with Crippen molar-refractivity contribution in [3.05, 3.63) is 35.2 Å². The minimum atomic E-state index is 0.177. The molecule has 0 bridgehead atoms. The molecule has 2 heterocycles. The van der Waals surface area contributed by atoms with Crippen molar-refractivity contribution in [2.75, 3.05) is 0 Å². The topological polar surface area (TPSA) is 69.9 Å². The van der Waals surface area contributed by atoms with Gasteiger partial charge in [0.05, 0.1) is 6.54 Å². The Morgan fingerprint density at radius 1 is 1.44 bits per heavy atom. The summed E-state index contributed by atoms with van der Waals surface area (Å²) in [5.41, 5.74) is 8.85. The number of aryl methyl sites for hydroxylation is 2. The van der Waals surface area contributed by atoms with E-state index in [9.17, 15) is 0 Å². The Bertz CT molecular complexity index is 543. The maximum Gasteiger partial charge on any atom is 0.223 e. The molecule has 18 heavy (non-hydrogen) atoms. The first-order valence-electron chi connectivity index (χ1n) is 6.45. The minimum absolute atomic E-state index is 0.177. The first kappa shape index (κ1) is 11.5. The van der Waals surface area contributed by atoms with Crippen LogP contribution in [-0.2, 0) is 13.0 Å². The zero-order chi connectivity index (χ0) is 12.5. The van der Waals surface area contributed by atoms with Gasteiger partial charge in [0.2, 0.25) is 5.89 Å². The molecule has 0 radical (unpaired) electrons. The summed E-state index contributed by atoms with van der Waals surface area (Å²) in [4.78, 5) is 4.22. The molecule has 0 fully saturated rings. The Balaban J connectivity index is 1.84. The van der Waals surface area contributed by atoms with Crippen LogP contribution < -0.4 is 5.73 Å². The van der Waals surface area contributed by atoms with E-state index in [0.717, 1.165) is 12.8 Å². The lowest BCUT2D eigenvalue weighted by molar-refractivity contribution is 0.386. The number of nitrogens with zero attached hydrogens (tertiary/aromatic N) is 3. The molecule has 0 aromatic carbocycles. The lowest BCUT2D eigenvalue weighted by Gasteiger charge is -2.07. The van der Waals surface area contributed by atoms with Crippen molar-refractivity contribution in [2.24, 2.45) is 5.73 Å². The highest BCUT2D eigenvalue weighted by Crippen LogP contribution is 2.27. The average Bonchev–Trinajstić information content (AvgIpc) is 2.88. The monoisotopic (exact) mass is 246 g/mol. The van der Waals surface area contributed by atoms with Crippen molar-refractivity contribution < 1.29 is 4.52 Å². The number of nitrogens with two attached hydrogens (primary N) is 1. The first-order chi connectivity index (χ1) is 8.72. The zero-order valence-corrected chi connectivity index (χ0v) is 10.6. The van der Waals surface area contributed by atoms with Crippen molar-refractivity contribution in [2.45, 2.75) is 45.2 Å². The number of hydrogen-bond acceptors (Lipinski definition) is 4. The summed E-state index contributed by atoms with van der Waals surface area (Å²) in [6, 6.07) is 0.177. The zero-order valence-electron chi connectivity index (χ0n) is 10.6. The van der Waals surface area contributed by atoms with Crippen LogP contribution in [0.4, 0.5) is 0 Å². The highest BCUT2D eigenvalue weighted by molar-refractivity contribution is 5.29. The fraction of sp³-hybridized carbons (Fsp3) is 0.538. The molecule has 2 aromatic rings. The van der Waals surface area contributed by atoms with E-state index in [2.05, 4.69) is 27.1 Å². The molecule has 0 spiro atoms. The predicted molar refractivity (Wildman–Crippen MR) is 67.1 cm³/mol. The normalized spacial score (nSPS) is 19.6. The van der Waals surface area contributed by atoms with Gasteiger partial charge in [0, 0.05) is 25.4 Å². The molecule has 0 aliphatic heterocycles. The minimum Gasteiger partial charge on any atom is -0.346 e. The molecule has 1 aliphatic rings. The van der Waals surface area contributed by atoms with Crippen LogP contribution in [0.5, 0.6) is 0 Å². The van der Waals surface area contributed by atoms with Crippen LogP contribution >= 0.6 is 0 Å². The van der Waals surface area contributed by atoms with E-state index >= 15 is 0 Å². The molecular formula is C13H18N4O. The Hall–Kier alpha value is -1.62. The van der Waals surface area contributed by atoms with Crippen LogP contribution in [0.25, 0.3) is 0 Å². The van der Waals surface area contributed by atoms with Gasteiger partial charge in [0.1, 0.15) is 0 Å². The third-order valence-electron chi connectivity index (χ3n) is 3.50. The van der Waals surface area contributed by atoms with E-state index in [1.807, 2.05) is 0 Å². The quantitative estimate of drug-likeness (QED) is 0.822. The predicted octanol–water partition coefficient (Wildman–Crippen LogP) is 1.95. The molecule has 1 atom stereocenters. The second-order valence-corrected chi connectivity index (χ2v) is 4.99. The molecule has 5 nitrogen and oxygen atoms in total. The van der Waals surface area contributed by atoms with Gasteiger partial charge in [0.25, 0.3) is 0 Å². The number of hydrogen-bond donors (Lipinski definition) is 1. The lowest BCUT2D eigenvalue weighted by Crippen LogP contribution is -2.09. The van der Waals surface area contributed by atoms with Gasteiger partial charge in [0.15, 0.2) is 5.82 Å². The molecule has 5 heteroatoms. The number of fused-ring (bicyclic) bond motifs is 1. The van der Waals surface area contributed by atoms with E-state index in [0.29, 0.717) is 18.3 Å². The van der Waals surface area contributed by atoms with Gasteiger partial charge < -0.3 is 14.8 Å². The summed E-state index contributed by atoms with van der Waals surface area (Å²) >= 11 is 0. The molecule has 3 rings (SSSR count). The van der Waals surface area contributed by atoms with E-state index in [1.165, 1.54) is 24.0 Å². The van der Waals surface area contributed by atoms with Crippen molar-refractivity contribution in [3.8, 4) is 0 Å². The second kappa shape index (κ2) is 4.57. The van der Waals surface area contributed by atoms with Crippen LogP contribution in [0.3, 0.4) is 0 Å². The second-order valence-electron chi connectivity index (χ2n) is 4.99. The maximum absolute atomic E-state index is 6.19. The van der Waals surface area contributed by atoms with Crippen LogP contribution in [0.2, 0.25) is 0 Å². The highest BCUT2D eigenvalue weighted by Gasteiger charge is 2.17. The molecule has 2 aromatic heterocycles. The molecular weight excluding hydrogens is 228 g/mol. The van der Waals surface area contributed by atoms with Crippen LogP contribution in [0.1, 0.15) is 48.1 Å². The molecule has 96 valence electrons. The summed E-state index contributed by atoms with van der Waals surface area (Å²) in [5, 5.41) is 3.92. The van der Waals surface area contributed by atoms with Crippen LogP contribution in [-0.4, -0.2) is 14.7 Å². The van der Waals surface area contributed by atoms with E-state index in [4.69, 9.17) is 10.3 Å².